The lowest BCUT2D eigenvalue weighted by atomic mass is 9.92. The Morgan fingerprint density at radius 2 is 1.97 bits per heavy atom. The number of rotatable bonds is 7. The van der Waals surface area contributed by atoms with Gasteiger partial charge in [-0.15, -0.1) is 0 Å². The molecule has 8 nitrogen and oxygen atoms in total. The number of para-hydroxylation sites is 1. The molecule has 2 heterocycles. The average Bonchev–Trinajstić information content (AvgIpc) is 3.28. The van der Waals surface area contributed by atoms with E-state index >= 15 is 0 Å². The second kappa shape index (κ2) is 8.14. The van der Waals surface area contributed by atoms with Crippen molar-refractivity contribution in [1.29, 1.82) is 0 Å². The average molecular weight is 420 g/mol. The first kappa shape index (κ1) is 20.5. The summed E-state index contributed by atoms with van der Waals surface area (Å²) in [6, 6.07) is 14.3. The second-order valence-electron chi connectivity index (χ2n) is 7.64. The van der Waals surface area contributed by atoms with Gasteiger partial charge in [0.15, 0.2) is 0 Å². The molecule has 3 N–H and O–H groups in total. The Kier molecular flexibility index (Phi) is 5.37. The van der Waals surface area contributed by atoms with E-state index in [0.29, 0.717) is 24.3 Å². The van der Waals surface area contributed by atoms with E-state index < -0.39 is 23.4 Å². The molecule has 0 spiro atoms. The molecule has 0 aliphatic carbocycles. The standard InChI is InChI=1S/C23H24N4O4/c1-23(16-6-5-7-17(12-16)31-2)21(29)27(22(30)26-23)14-20(28)24-11-10-15-13-25-19-9-4-3-8-18(15)19/h3-9,12-13,25H,10-11,14H2,1-2H3,(H,24,28)(H,26,30)/t23-/m0/s1. The number of imide groups is 1. The number of benzene rings is 2. The molecule has 160 valence electrons. The van der Waals surface area contributed by atoms with Crippen molar-refractivity contribution in [3.63, 3.8) is 0 Å². The van der Waals surface area contributed by atoms with Crippen molar-refractivity contribution < 1.29 is 19.1 Å². The van der Waals surface area contributed by atoms with Crippen LogP contribution in [0.2, 0.25) is 0 Å². The van der Waals surface area contributed by atoms with Crippen LogP contribution in [0, 0.1) is 0 Å². The number of hydrogen-bond donors (Lipinski definition) is 3. The zero-order chi connectivity index (χ0) is 22.0. The van der Waals surface area contributed by atoms with Gasteiger partial charge in [-0.1, -0.05) is 30.3 Å². The summed E-state index contributed by atoms with van der Waals surface area (Å²) in [4.78, 5) is 42.0. The van der Waals surface area contributed by atoms with Crippen LogP contribution in [0.25, 0.3) is 10.9 Å². The number of amides is 4. The molecular formula is C23H24N4O4. The van der Waals surface area contributed by atoms with Gasteiger partial charge in [-0.2, -0.15) is 0 Å². The molecule has 0 saturated carbocycles. The van der Waals surface area contributed by atoms with E-state index in [2.05, 4.69) is 15.6 Å². The minimum absolute atomic E-state index is 0.335. The lowest BCUT2D eigenvalue weighted by Gasteiger charge is -2.22. The Labute approximate surface area is 179 Å². The normalized spacial score (nSPS) is 18.3. The fourth-order valence-electron chi connectivity index (χ4n) is 3.84. The van der Waals surface area contributed by atoms with Crippen molar-refractivity contribution in [2.24, 2.45) is 0 Å². The van der Waals surface area contributed by atoms with Crippen LogP contribution in [0.5, 0.6) is 5.75 Å². The van der Waals surface area contributed by atoms with Gasteiger partial charge in [-0.3, -0.25) is 14.5 Å². The minimum atomic E-state index is -1.25. The van der Waals surface area contributed by atoms with Crippen LogP contribution >= 0.6 is 0 Å². The Bertz CT molecular complexity index is 1160. The Morgan fingerprint density at radius 1 is 1.16 bits per heavy atom. The SMILES string of the molecule is COc1cccc([C@]2(C)NC(=O)N(CC(=O)NCCc3c[nH]c4ccccc34)C2=O)c1. The topological polar surface area (TPSA) is 104 Å². The molecule has 1 saturated heterocycles. The number of urea groups is 1. The fraction of sp³-hybridized carbons (Fsp3) is 0.261. The van der Waals surface area contributed by atoms with Crippen LogP contribution in [0.4, 0.5) is 4.79 Å². The number of nitrogens with one attached hydrogen (secondary N) is 3. The van der Waals surface area contributed by atoms with Crippen LogP contribution in [-0.4, -0.2) is 47.9 Å². The minimum Gasteiger partial charge on any atom is -0.497 e. The third kappa shape index (κ3) is 3.84. The van der Waals surface area contributed by atoms with Crippen LogP contribution in [-0.2, 0) is 21.5 Å². The summed E-state index contributed by atoms with van der Waals surface area (Å²) in [6.07, 6.45) is 2.56. The molecule has 1 aromatic heterocycles. The molecule has 0 bridgehead atoms. The van der Waals surface area contributed by atoms with Gasteiger partial charge in [0.2, 0.25) is 5.91 Å². The second-order valence-corrected chi connectivity index (χ2v) is 7.64. The predicted molar refractivity (Wildman–Crippen MR) is 116 cm³/mol. The Morgan fingerprint density at radius 3 is 2.77 bits per heavy atom. The molecule has 1 fully saturated rings. The van der Waals surface area contributed by atoms with Gasteiger partial charge >= 0.3 is 6.03 Å². The third-order valence-corrected chi connectivity index (χ3v) is 5.62. The highest BCUT2D eigenvalue weighted by Gasteiger charge is 2.49. The summed E-state index contributed by atoms with van der Waals surface area (Å²) >= 11 is 0. The number of H-pyrrole nitrogens is 1. The van der Waals surface area contributed by atoms with Crippen molar-refractivity contribution in [3.8, 4) is 5.75 Å². The van der Waals surface area contributed by atoms with Gasteiger partial charge in [0, 0.05) is 23.6 Å². The van der Waals surface area contributed by atoms with Crippen LogP contribution in [0.3, 0.4) is 0 Å². The molecule has 31 heavy (non-hydrogen) atoms. The van der Waals surface area contributed by atoms with E-state index in [-0.39, 0.29) is 6.54 Å². The summed E-state index contributed by atoms with van der Waals surface area (Å²) < 4.78 is 5.21. The number of fused-ring (bicyclic) bond motifs is 1. The summed E-state index contributed by atoms with van der Waals surface area (Å²) in [5.41, 5.74) is 1.47. The van der Waals surface area contributed by atoms with Crippen molar-refractivity contribution >= 4 is 28.7 Å². The Balaban J connectivity index is 1.37. The maximum absolute atomic E-state index is 13.0. The smallest absolute Gasteiger partial charge is 0.325 e. The van der Waals surface area contributed by atoms with Crippen LogP contribution in [0.1, 0.15) is 18.1 Å². The number of carbonyl (C=O) groups excluding carboxylic acids is 3. The zero-order valence-electron chi connectivity index (χ0n) is 17.4. The number of hydrogen-bond acceptors (Lipinski definition) is 4. The summed E-state index contributed by atoms with van der Waals surface area (Å²) in [5, 5.41) is 6.60. The van der Waals surface area contributed by atoms with Gasteiger partial charge in [0.1, 0.15) is 17.8 Å². The number of carbonyl (C=O) groups is 3. The van der Waals surface area contributed by atoms with Crippen LogP contribution < -0.4 is 15.4 Å². The molecular weight excluding hydrogens is 396 g/mol. The molecule has 4 rings (SSSR count). The fourth-order valence-corrected chi connectivity index (χ4v) is 3.84. The monoisotopic (exact) mass is 420 g/mol. The van der Waals surface area contributed by atoms with Crippen molar-refractivity contribution in [2.75, 3.05) is 20.2 Å². The number of aromatic nitrogens is 1. The van der Waals surface area contributed by atoms with Gasteiger partial charge < -0.3 is 20.4 Å². The van der Waals surface area contributed by atoms with Crippen LogP contribution in [0.15, 0.2) is 54.7 Å². The summed E-state index contributed by atoms with van der Waals surface area (Å²) in [7, 11) is 1.53. The van der Waals surface area contributed by atoms with Crippen molar-refractivity contribution in [1.82, 2.24) is 20.5 Å². The first-order valence-electron chi connectivity index (χ1n) is 10.0. The number of ether oxygens (including phenoxy) is 1. The first-order valence-corrected chi connectivity index (χ1v) is 10.0. The maximum atomic E-state index is 13.0. The third-order valence-electron chi connectivity index (χ3n) is 5.62. The number of nitrogens with zero attached hydrogens (tertiary/aromatic N) is 1. The van der Waals surface area contributed by atoms with Gasteiger partial charge in [0.25, 0.3) is 5.91 Å². The molecule has 3 aromatic rings. The van der Waals surface area contributed by atoms with E-state index in [4.69, 9.17) is 4.74 Å². The van der Waals surface area contributed by atoms with E-state index in [1.807, 2.05) is 30.5 Å². The highest BCUT2D eigenvalue weighted by atomic mass is 16.5. The van der Waals surface area contributed by atoms with Gasteiger partial charge in [0.05, 0.1) is 7.11 Å². The highest BCUT2D eigenvalue weighted by molar-refractivity contribution is 6.09. The van der Waals surface area contributed by atoms with E-state index in [9.17, 15) is 14.4 Å². The van der Waals surface area contributed by atoms with E-state index in [1.165, 1.54) is 7.11 Å². The predicted octanol–water partition coefficient (Wildman–Crippen LogP) is 2.30. The largest absolute Gasteiger partial charge is 0.497 e. The first-order chi connectivity index (χ1) is 14.9. The molecule has 2 aromatic carbocycles. The molecule has 1 atom stereocenters. The Hall–Kier alpha value is -3.81. The highest BCUT2D eigenvalue weighted by Crippen LogP contribution is 2.30. The molecule has 4 amide bonds. The number of methoxy groups -OCH3 is 1. The molecule has 0 radical (unpaired) electrons. The van der Waals surface area contributed by atoms with Crippen molar-refractivity contribution in [3.05, 3.63) is 65.9 Å². The number of aromatic amines is 1. The van der Waals surface area contributed by atoms with Gasteiger partial charge in [-0.25, -0.2) is 4.79 Å². The lowest BCUT2D eigenvalue weighted by molar-refractivity contribution is -0.134. The summed E-state index contributed by atoms with van der Waals surface area (Å²) in [5.74, 6) is -0.287. The lowest BCUT2D eigenvalue weighted by Crippen LogP contribution is -2.43. The van der Waals surface area contributed by atoms with E-state index in [0.717, 1.165) is 21.4 Å². The molecule has 1 aliphatic heterocycles. The molecule has 8 heteroatoms. The quantitative estimate of drug-likeness (QED) is 0.510. The van der Waals surface area contributed by atoms with Crippen molar-refractivity contribution in [2.45, 2.75) is 18.9 Å². The maximum Gasteiger partial charge on any atom is 0.325 e. The molecule has 0 unspecified atom stereocenters. The molecule has 1 aliphatic rings. The zero-order valence-corrected chi connectivity index (χ0v) is 17.4. The summed E-state index contributed by atoms with van der Waals surface area (Å²) in [6.45, 7) is 1.69. The van der Waals surface area contributed by atoms with Gasteiger partial charge in [-0.05, 0) is 42.7 Å². The van der Waals surface area contributed by atoms with E-state index in [1.54, 1.807) is 31.2 Å².